The molecule has 2 N–H and O–H groups in total. The Kier molecular flexibility index (Phi) is 6.65. The van der Waals surface area contributed by atoms with Gasteiger partial charge >= 0.3 is 0 Å². The van der Waals surface area contributed by atoms with Crippen LogP contribution in [0, 0.1) is 0 Å². The molecule has 1 aliphatic heterocycles. The van der Waals surface area contributed by atoms with E-state index in [1.54, 1.807) is 18.3 Å². The Labute approximate surface area is 245 Å². The quantitative estimate of drug-likeness (QED) is 0.223. The maximum Gasteiger partial charge on any atom is 0.255 e. The molecule has 0 aliphatic carbocycles. The summed E-state index contributed by atoms with van der Waals surface area (Å²) < 4.78 is 2.01. The number of anilines is 4. The van der Waals surface area contributed by atoms with Crippen molar-refractivity contribution in [3.63, 3.8) is 0 Å². The van der Waals surface area contributed by atoms with Crippen LogP contribution in [0.15, 0.2) is 103 Å². The minimum atomic E-state index is -0.177. The molecule has 0 bridgehead atoms. The summed E-state index contributed by atoms with van der Waals surface area (Å²) in [6.45, 7) is 0.728. The minimum Gasteiger partial charge on any atom is -0.324 e. The molecule has 3 aromatic carbocycles. The predicted octanol–water partition coefficient (Wildman–Crippen LogP) is 6.64. The normalized spacial score (nSPS) is 13.0. The summed E-state index contributed by atoms with van der Waals surface area (Å²) in [5.74, 6) is 0.392. The van der Waals surface area contributed by atoms with E-state index in [9.17, 15) is 9.59 Å². The third-order valence-corrected chi connectivity index (χ3v) is 7.83. The maximum atomic E-state index is 12.8. The molecule has 6 aromatic rings. The first-order chi connectivity index (χ1) is 20.6. The first-order valence-corrected chi connectivity index (χ1v) is 14.4. The third kappa shape index (κ3) is 4.99. The lowest BCUT2D eigenvalue weighted by Gasteiger charge is -2.16. The van der Waals surface area contributed by atoms with E-state index in [1.807, 2.05) is 93.7 Å². The topological polar surface area (TPSA) is 105 Å². The van der Waals surface area contributed by atoms with Crippen molar-refractivity contribution in [1.82, 2.24) is 19.4 Å². The number of thiazole rings is 1. The molecule has 3 aromatic heterocycles. The van der Waals surface area contributed by atoms with Crippen LogP contribution < -0.4 is 15.5 Å². The van der Waals surface area contributed by atoms with Crippen LogP contribution in [-0.2, 0) is 4.79 Å². The largest absolute Gasteiger partial charge is 0.324 e. The van der Waals surface area contributed by atoms with Gasteiger partial charge in [0.2, 0.25) is 11.9 Å². The average molecular weight is 572 g/mol. The van der Waals surface area contributed by atoms with Crippen LogP contribution in [0.1, 0.15) is 23.2 Å². The van der Waals surface area contributed by atoms with E-state index in [0.29, 0.717) is 29.3 Å². The highest BCUT2D eigenvalue weighted by Crippen LogP contribution is 2.35. The van der Waals surface area contributed by atoms with Gasteiger partial charge in [0.1, 0.15) is 5.69 Å². The molecule has 2 amide bonds. The Morgan fingerprint density at radius 2 is 1.76 bits per heavy atom. The number of hydrogen-bond acceptors (Lipinski definition) is 7. The van der Waals surface area contributed by atoms with Gasteiger partial charge in [-0.15, -0.1) is 11.3 Å². The van der Waals surface area contributed by atoms with Crippen LogP contribution in [0.25, 0.3) is 27.6 Å². The van der Waals surface area contributed by atoms with Gasteiger partial charge in [-0.2, -0.15) is 0 Å². The number of fused-ring (bicyclic) bond motifs is 1. The van der Waals surface area contributed by atoms with Crippen molar-refractivity contribution in [1.29, 1.82) is 0 Å². The molecule has 42 heavy (non-hydrogen) atoms. The van der Waals surface area contributed by atoms with Crippen molar-refractivity contribution in [2.45, 2.75) is 12.8 Å². The zero-order valence-corrected chi connectivity index (χ0v) is 23.2. The van der Waals surface area contributed by atoms with Crippen LogP contribution in [-0.4, -0.2) is 37.7 Å². The van der Waals surface area contributed by atoms with E-state index < -0.39 is 0 Å². The van der Waals surface area contributed by atoms with Crippen LogP contribution in [0.3, 0.4) is 0 Å². The number of nitrogens with zero attached hydrogens (tertiary/aromatic N) is 5. The van der Waals surface area contributed by atoms with E-state index in [0.717, 1.165) is 46.3 Å². The van der Waals surface area contributed by atoms with E-state index in [4.69, 9.17) is 9.97 Å². The summed E-state index contributed by atoms with van der Waals surface area (Å²) >= 11 is 1.54. The SMILES string of the molecule is O=C(Nc1cccc(-c2nc3sccn3c2-c2ccnc(Nc3cccc(N4CCCC4=O)c3)n2)c1)c1ccccc1. The number of hydrogen-bond donors (Lipinski definition) is 2. The first-order valence-electron chi connectivity index (χ1n) is 13.6. The van der Waals surface area contributed by atoms with E-state index in [2.05, 4.69) is 15.6 Å². The van der Waals surface area contributed by atoms with Crippen molar-refractivity contribution in [2.75, 3.05) is 22.1 Å². The van der Waals surface area contributed by atoms with Gasteiger partial charge in [-0.25, -0.2) is 15.0 Å². The molecule has 0 unspecified atom stereocenters. The van der Waals surface area contributed by atoms with E-state index in [-0.39, 0.29) is 11.8 Å². The zero-order chi connectivity index (χ0) is 28.5. The number of nitrogens with one attached hydrogen (secondary N) is 2. The molecule has 0 atom stereocenters. The fourth-order valence-electron chi connectivity index (χ4n) is 5.12. The first kappa shape index (κ1) is 25.6. The summed E-state index contributed by atoms with van der Waals surface area (Å²) in [4.78, 5) is 41.9. The van der Waals surface area contributed by atoms with Crippen molar-refractivity contribution in [2.24, 2.45) is 0 Å². The molecule has 0 radical (unpaired) electrons. The van der Waals surface area contributed by atoms with Crippen molar-refractivity contribution in [3.05, 3.63) is 108 Å². The fraction of sp³-hybridized carbons (Fsp3) is 0.0938. The lowest BCUT2D eigenvalue weighted by Crippen LogP contribution is -2.23. The van der Waals surface area contributed by atoms with Gasteiger partial charge < -0.3 is 15.5 Å². The van der Waals surface area contributed by atoms with E-state index >= 15 is 0 Å². The second kappa shape index (κ2) is 10.9. The standard InChI is InChI=1S/C32H25N7O2S/c40-27-13-6-16-38(27)25-12-5-11-24(20-25)35-31-33-15-14-26(36-31)29-28(37-32-39(29)17-18-42-32)22-9-4-10-23(19-22)34-30(41)21-7-2-1-3-8-21/h1-5,7-12,14-15,17-20H,6,13,16H2,(H,34,41)(H,33,35,36). The maximum absolute atomic E-state index is 12.8. The molecule has 0 saturated carbocycles. The van der Waals surface area contributed by atoms with Crippen LogP contribution >= 0.6 is 11.3 Å². The van der Waals surface area contributed by atoms with Gasteiger partial charge in [0.15, 0.2) is 4.96 Å². The van der Waals surface area contributed by atoms with Crippen molar-refractivity contribution in [3.8, 4) is 22.6 Å². The summed E-state index contributed by atoms with van der Waals surface area (Å²) in [6.07, 6.45) is 5.13. The Hall–Kier alpha value is -5.35. The van der Waals surface area contributed by atoms with Gasteiger partial charge in [-0.3, -0.25) is 14.0 Å². The monoisotopic (exact) mass is 571 g/mol. The number of amides is 2. The molecular formula is C32H25N7O2S. The Bertz CT molecular complexity index is 1930. The Morgan fingerprint density at radius 1 is 0.905 bits per heavy atom. The zero-order valence-electron chi connectivity index (χ0n) is 22.4. The number of carbonyl (C=O) groups excluding carboxylic acids is 2. The third-order valence-electron chi connectivity index (χ3n) is 7.08. The molecule has 4 heterocycles. The lowest BCUT2D eigenvalue weighted by molar-refractivity contribution is -0.117. The number of rotatable bonds is 7. The molecule has 9 nitrogen and oxygen atoms in total. The summed E-state index contributed by atoms with van der Waals surface area (Å²) in [7, 11) is 0. The van der Waals surface area contributed by atoms with Gasteiger partial charge in [0.05, 0.1) is 11.4 Å². The van der Waals surface area contributed by atoms with Gasteiger partial charge in [-0.1, -0.05) is 36.4 Å². The fourth-order valence-corrected chi connectivity index (χ4v) is 5.84. The molecule has 10 heteroatoms. The van der Waals surface area contributed by atoms with Crippen molar-refractivity contribution < 1.29 is 9.59 Å². The number of carbonyl (C=O) groups is 2. The van der Waals surface area contributed by atoms with Gasteiger partial charge in [-0.05, 0) is 55.0 Å². The molecule has 1 fully saturated rings. The van der Waals surface area contributed by atoms with Crippen LogP contribution in [0.4, 0.5) is 23.0 Å². The Morgan fingerprint density at radius 3 is 2.62 bits per heavy atom. The highest BCUT2D eigenvalue weighted by atomic mass is 32.1. The number of aromatic nitrogens is 4. The highest BCUT2D eigenvalue weighted by molar-refractivity contribution is 7.15. The lowest BCUT2D eigenvalue weighted by atomic mass is 10.1. The minimum absolute atomic E-state index is 0.141. The summed E-state index contributed by atoms with van der Waals surface area (Å²) in [5, 5.41) is 8.27. The van der Waals surface area contributed by atoms with Crippen molar-refractivity contribution >= 4 is 51.1 Å². The average Bonchev–Trinajstić information content (AvgIpc) is 3.74. The number of benzene rings is 3. The van der Waals surface area contributed by atoms with Crippen LogP contribution in [0.5, 0.6) is 0 Å². The smallest absolute Gasteiger partial charge is 0.255 e. The summed E-state index contributed by atoms with van der Waals surface area (Å²) in [5.41, 5.74) is 6.02. The van der Waals surface area contributed by atoms with E-state index in [1.165, 1.54) is 11.3 Å². The molecule has 1 aliphatic rings. The van der Waals surface area contributed by atoms with Gasteiger partial charge in [0, 0.05) is 58.9 Å². The molecular weight excluding hydrogens is 546 g/mol. The van der Waals surface area contributed by atoms with Crippen LogP contribution in [0.2, 0.25) is 0 Å². The number of imidazole rings is 1. The molecule has 0 spiro atoms. The van der Waals surface area contributed by atoms with Gasteiger partial charge in [0.25, 0.3) is 5.91 Å². The predicted molar refractivity (Wildman–Crippen MR) is 165 cm³/mol. The highest BCUT2D eigenvalue weighted by Gasteiger charge is 2.22. The molecule has 7 rings (SSSR count). The summed E-state index contributed by atoms with van der Waals surface area (Å²) in [6, 6.07) is 26.4. The molecule has 1 saturated heterocycles. The molecule has 206 valence electrons. The second-order valence-electron chi connectivity index (χ2n) is 9.86. The Balaban J connectivity index is 1.21. The second-order valence-corrected chi connectivity index (χ2v) is 10.7.